The molecule has 0 saturated carbocycles. The van der Waals surface area contributed by atoms with Crippen LogP contribution in [-0.4, -0.2) is 16.9 Å². The van der Waals surface area contributed by atoms with Crippen LogP contribution in [0, 0.1) is 13.8 Å². The van der Waals surface area contributed by atoms with Gasteiger partial charge < -0.3 is 10.6 Å². The molecular weight excluding hydrogens is 360 g/mol. The standard InChI is InChI=1S/C20H20N4O2S/c1-13-3-7-15(8-4-13)11-21-18(25)17-12-27-20(23-17)24-19(26)22-16-9-5-14(2)6-10-16/h3-10,12H,11H2,1-2H3,(H,21,25)(H2,22,23,24,26). The van der Waals surface area contributed by atoms with Crippen LogP contribution < -0.4 is 16.0 Å². The maximum absolute atomic E-state index is 12.2. The SMILES string of the molecule is Cc1ccc(CNC(=O)c2csc(NC(=O)Nc3ccc(C)cc3)n2)cc1. The molecule has 0 bridgehead atoms. The van der Waals surface area contributed by atoms with Crippen molar-refractivity contribution in [1.82, 2.24) is 10.3 Å². The highest BCUT2D eigenvalue weighted by molar-refractivity contribution is 7.14. The molecule has 6 nitrogen and oxygen atoms in total. The predicted molar refractivity (Wildman–Crippen MR) is 108 cm³/mol. The lowest BCUT2D eigenvalue weighted by atomic mass is 10.1. The number of anilines is 2. The van der Waals surface area contributed by atoms with E-state index in [9.17, 15) is 9.59 Å². The Morgan fingerprint density at radius 3 is 2.22 bits per heavy atom. The second kappa shape index (κ2) is 8.46. The zero-order chi connectivity index (χ0) is 19.2. The molecule has 27 heavy (non-hydrogen) atoms. The third-order valence-electron chi connectivity index (χ3n) is 3.84. The molecule has 0 unspecified atom stereocenters. The number of carbonyl (C=O) groups excluding carboxylic acids is 2. The van der Waals surface area contributed by atoms with Crippen molar-refractivity contribution < 1.29 is 9.59 Å². The molecule has 7 heteroatoms. The Kier molecular flexibility index (Phi) is 5.83. The van der Waals surface area contributed by atoms with E-state index in [0.29, 0.717) is 17.4 Å². The molecule has 1 aromatic heterocycles. The van der Waals surface area contributed by atoms with Gasteiger partial charge in [-0.3, -0.25) is 10.1 Å². The van der Waals surface area contributed by atoms with Gasteiger partial charge in [0, 0.05) is 17.6 Å². The minimum Gasteiger partial charge on any atom is -0.347 e. The van der Waals surface area contributed by atoms with Gasteiger partial charge in [-0.05, 0) is 31.5 Å². The van der Waals surface area contributed by atoms with Crippen LogP contribution in [0.5, 0.6) is 0 Å². The van der Waals surface area contributed by atoms with Gasteiger partial charge in [-0.2, -0.15) is 0 Å². The van der Waals surface area contributed by atoms with E-state index >= 15 is 0 Å². The van der Waals surface area contributed by atoms with E-state index in [-0.39, 0.29) is 11.6 Å². The number of aromatic nitrogens is 1. The monoisotopic (exact) mass is 380 g/mol. The first-order chi connectivity index (χ1) is 13.0. The number of rotatable bonds is 5. The lowest BCUT2D eigenvalue weighted by Crippen LogP contribution is -2.23. The van der Waals surface area contributed by atoms with Crippen LogP contribution in [0.4, 0.5) is 15.6 Å². The molecule has 0 fully saturated rings. The van der Waals surface area contributed by atoms with Crippen molar-refractivity contribution >= 4 is 34.1 Å². The van der Waals surface area contributed by atoms with Crippen LogP contribution in [0.25, 0.3) is 0 Å². The first kappa shape index (κ1) is 18.6. The molecule has 3 amide bonds. The Hall–Kier alpha value is -3.19. The van der Waals surface area contributed by atoms with Gasteiger partial charge >= 0.3 is 6.03 Å². The fraction of sp³-hybridized carbons (Fsp3) is 0.150. The lowest BCUT2D eigenvalue weighted by Gasteiger charge is -2.05. The number of aryl methyl sites for hydroxylation is 2. The van der Waals surface area contributed by atoms with Crippen LogP contribution in [0.1, 0.15) is 27.2 Å². The molecule has 0 atom stereocenters. The summed E-state index contributed by atoms with van der Waals surface area (Å²) < 4.78 is 0. The van der Waals surface area contributed by atoms with Crippen molar-refractivity contribution in [3.63, 3.8) is 0 Å². The molecule has 3 rings (SSSR count). The van der Waals surface area contributed by atoms with E-state index in [1.54, 1.807) is 5.38 Å². The van der Waals surface area contributed by atoms with Crippen molar-refractivity contribution in [2.75, 3.05) is 10.6 Å². The molecule has 0 aliphatic rings. The number of amides is 3. The van der Waals surface area contributed by atoms with Gasteiger partial charge in [-0.15, -0.1) is 11.3 Å². The van der Waals surface area contributed by atoms with E-state index < -0.39 is 6.03 Å². The van der Waals surface area contributed by atoms with Crippen LogP contribution >= 0.6 is 11.3 Å². The Labute approximate surface area is 161 Å². The number of nitrogens with one attached hydrogen (secondary N) is 3. The average Bonchev–Trinajstić information content (AvgIpc) is 3.11. The second-order valence-electron chi connectivity index (χ2n) is 6.15. The predicted octanol–water partition coefficient (Wildman–Crippen LogP) is 4.33. The highest BCUT2D eigenvalue weighted by Gasteiger charge is 2.12. The number of hydrogen-bond donors (Lipinski definition) is 3. The minimum atomic E-state index is -0.403. The highest BCUT2D eigenvalue weighted by atomic mass is 32.1. The number of benzene rings is 2. The van der Waals surface area contributed by atoms with Gasteiger partial charge in [0.15, 0.2) is 5.13 Å². The molecule has 3 N–H and O–H groups in total. The highest BCUT2D eigenvalue weighted by Crippen LogP contribution is 2.16. The molecule has 0 spiro atoms. The molecule has 3 aromatic rings. The first-order valence-corrected chi connectivity index (χ1v) is 9.31. The molecule has 0 aliphatic heterocycles. The zero-order valence-corrected chi connectivity index (χ0v) is 15.9. The summed E-state index contributed by atoms with van der Waals surface area (Å²) in [5, 5.41) is 10.2. The Balaban J connectivity index is 1.52. The number of nitrogens with zero attached hydrogens (tertiary/aromatic N) is 1. The number of urea groups is 1. The van der Waals surface area contributed by atoms with Gasteiger partial charge in [0.05, 0.1) is 0 Å². The lowest BCUT2D eigenvalue weighted by molar-refractivity contribution is 0.0946. The van der Waals surface area contributed by atoms with Gasteiger partial charge in [-0.25, -0.2) is 9.78 Å². The Bertz CT molecular complexity index is 933. The topological polar surface area (TPSA) is 83.1 Å². The fourth-order valence-electron chi connectivity index (χ4n) is 2.31. The average molecular weight is 380 g/mol. The molecular formula is C20H20N4O2S. The summed E-state index contributed by atoms with van der Waals surface area (Å²) in [4.78, 5) is 28.4. The van der Waals surface area contributed by atoms with Crippen LogP contribution in [0.3, 0.4) is 0 Å². The van der Waals surface area contributed by atoms with Crippen LogP contribution in [0.15, 0.2) is 53.9 Å². The summed E-state index contributed by atoms with van der Waals surface area (Å²) in [6, 6.07) is 15.0. The molecule has 2 aromatic carbocycles. The molecule has 138 valence electrons. The summed E-state index contributed by atoms with van der Waals surface area (Å²) in [6.45, 7) is 4.42. The van der Waals surface area contributed by atoms with E-state index in [1.165, 1.54) is 16.9 Å². The Morgan fingerprint density at radius 2 is 1.56 bits per heavy atom. The minimum absolute atomic E-state index is 0.276. The maximum atomic E-state index is 12.2. The smallest absolute Gasteiger partial charge is 0.325 e. The molecule has 0 saturated heterocycles. The zero-order valence-electron chi connectivity index (χ0n) is 15.1. The summed E-state index contributed by atoms with van der Waals surface area (Å²) in [7, 11) is 0. The van der Waals surface area contributed by atoms with Crippen molar-refractivity contribution in [2.24, 2.45) is 0 Å². The summed E-state index contributed by atoms with van der Waals surface area (Å²) >= 11 is 1.20. The Morgan fingerprint density at radius 1 is 0.926 bits per heavy atom. The summed E-state index contributed by atoms with van der Waals surface area (Å²) in [5.41, 5.74) is 4.26. The fourth-order valence-corrected chi connectivity index (χ4v) is 3.00. The third-order valence-corrected chi connectivity index (χ3v) is 4.60. The largest absolute Gasteiger partial charge is 0.347 e. The number of hydrogen-bond acceptors (Lipinski definition) is 4. The summed E-state index contributed by atoms with van der Waals surface area (Å²) in [5.74, 6) is -0.279. The van der Waals surface area contributed by atoms with E-state index in [4.69, 9.17) is 0 Å². The van der Waals surface area contributed by atoms with E-state index in [2.05, 4.69) is 20.9 Å². The van der Waals surface area contributed by atoms with Crippen molar-refractivity contribution in [3.05, 3.63) is 76.3 Å². The molecule has 1 heterocycles. The first-order valence-electron chi connectivity index (χ1n) is 8.43. The van der Waals surface area contributed by atoms with Gasteiger partial charge in [0.2, 0.25) is 0 Å². The van der Waals surface area contributed by atoms with Gasteiger partial charge in [0.1, 0.15) is 5.69 Å². The van der Waals surface area contributed by atoms with Crippen molar-refractivity contribution in [2.45, 2.75) is 20.4 Å². The van der Waals surface area contributed by atoms with Crippen molar-refractivity contribution in [3.8, 4) is 0 Å². The van der Waals surface area contributed by atoms with E-state index in [1.807, 2.05) is 62.4 Å². The molecule has 0 radical (unpaired) electrons. The van der Waals surface area contributed by atoms with Gasteiger partial charge in [-0.1, -0.05) is 47.5 Å². The third kappa shape index (κ3) is 5.39. The number of carbonyl (C=O) groups is 2. The second-order valence-corrected chi connectivity index (χ2v) is 7.01. The van der Waals surface area contributed by atoms with Crippen LogP contribution in [-0.2, 0) is 6.54 Å². The quantitative estimate of drug-likeness (QED) is 0.616. The van der Waals surface area contributed by atoms with E-state index in [0.717, 1.165) is 11.1 Å². The number of thiazole rings is 1. The molecule has 0 aliphatic carbocycles. The normalized spacial score (nSPS) is 10.3. The van der Waals surface area contributed by atoms with Crippen molar-refractivity contribution in [1.29, 1.82) is 0 Å². The maximum Gasteiger partial charge on any atom is 0.325 e. The summed E-state index contributed by atoms with van der Waals surface area (Å²) in [6.07, 6.45) is 0. The van der Waals surface area contributed by atoms with Gasteiger partial charge in [0.25, 0.3) is 5.91 Å². The van der Waals surface area contributed by atoms with Crippen LogP contribution in [0.2, 0.25) is 0 Å².